The topological polar surface area (TPSA) is 3.88 Å². The third-order valence-electron chi connectivity index (χ3n) is 2.19. The maximum atomic E-state index is 3.21. The Hall–Kier alpha value is -1.88. The van der Waals surface area contributed by atoms with Crippen molar-refractivity contribution < 1.29 is 4.57 Å². The molecule has 0 saturated heterocycles. The number of aromatic nitrogens is 1. The van der Waals surface area contributed by atoms with Crippen LogP contribution in [0.4, 0.5) is 0 Å². The van der Waals surface area contributed by atoms with Crippen molar-refractivity contribution in [3.63, 3.8) is 0 Å². The zero-order chi connectivity index (χ0) is 10.5. The Kier molecular flexibility index (Phi) is 2.95. The van der Waals surface area contributed by atoms with Crippen molar-refractivity contribution in [1.82, 2.24) is 0 Å². The van der Waals surface area contributed by atoms with Gasteiger partial charge >= 0.3 is 0 Å². The van der Waals surface area contributed by atoms with Gasteiger partial charge < -0.3 is 5.82 Å². The maximum Gasteiger partial charge on any atom is 0.161 e. The predicted octanol–water partition coefficient (Wildman–Crippen LogP) is 1.39. The lowest BCUT2D eigenvalue weighted by Gasteiger charge is -1.97. The Bertz CT molecular complexity index is 509. The summed E-state index contributed by atoms with van der Waals surface area (Å²) in [6.45, 7) is 0. The molecule has 1 heterocycles. The van der Waals surface area contributed by atoms with E-state index in [9.17, 15) is 0 Å². The Morgan fingerprint density at radius 3 is 2.67 bits per heavy atom. The Balaban J connectivity index is 2.26. The largest absolute Gasteiger partial charge is 0.317 e. The number of hydrogen-bond acceptors (Lipinski definition) is 0. The highest BCUT2D eigenvalue weighted by Gasteiger charge is 1.83. The minimum Gasteiger partial charge on any atom is -0.317 e. The summed E-state index contributed by atoms with van der Waals surface area (Å²) in [4.78, 5) is 0. The van der Waals surface area contributed by atoms with E-state index >= 15 is 0 Å². The summed E-state index contributed by atoms with van der Waals surface area (Å²) in [5.74, 6) is 8.47. The van der Waals surface area contributed by atoms with Crippen molar-refractivity contribution >= 4 is 6.34 Å². The molecule has 1 nitrogen and oxygen atoms in total. The molecule has 0 unspecified atom stereocenters. The molecule has 0 aliphatic rings. The molecule has 0 N–H and O–H groups in total. The van der Waals surface area contributed by atoms with Crippen LogP contribution >= 0.6 is 0 Å². The quantitative estimate of drug-likeness (QED) is 0.439. The molecule has 0 aliphatic heterocycles. The lowest BCUT2D eigenvalue weighted by Crippen LogP contribution is -2.29. The average Bonchev–Trinajstić information content (AvgIpc) is 2.28. The fraction of sp³-hybridized carbons (Fsp3) is 0.0769. The van der Waals surface area contributed by atoms with Crippen LogP contribution < -0.4 is 4.57 Å². The molecule has 2 aromatic rings. The first-order valence-corrected chi connectivity index (χ1v) is 5.00. The van der Waals surface area contributed by atoms with Gasteiger partial charge in [-0.15, -0.1) is 5.92 Å². The molecule has 0 radical (unpaired) electrons. The van der Waals surface area contributed by atoms with Gasteiger partial charge in [0.15, 0.2) is 6.20 Å². The molecule has 2 heteroatoms. The molecule has 0 saturated carbocycles. The lowest BCUT2D eigenvalue weighted by molar-refractivity contribution is -0.669. The standard InChI is InChI=1S/C13H12BN/c1-15-11-5-9-14(12-15)10-8-13-6-3-2-4-7-13/h2-7,9,11-12H,1H3. The van der Waals surface area contributed by atoms with Crippen LogP contribution in [0.3, 0.4) is 0 Å². The fourth-order valence-electron chi connectivity index (χ4n) is 1.43. The summed E-state index contributed by atoms with van der Waals surface area (Å²) in [6.07, 6.45) is 4.33. The molecule has 1 aromatic heterocycles. The van der Waals surface area contributed by atoms with Crippen LogP contribution in [0.1, 0.15) is 5.56 Å². The van der Waals surface area contributed by atoms with Crippen molar-refractivity contribution in [1.29, 1.82) is 0 Å². The van der Waals surface area contributed by atoms with Gasteiger partial charge in [-0.05, 0) is 24.3 Å². The maximum absolute atomic E-state index is 3.21. The number of rotatable bonds is 0. The Morgan fingerprint density at radius 1 is 1.13 bits per heavy atom. The molecule has 2 rings (SSSR count). The summed E-state index contributed by atoms with van der Waals surface area (Å²) in [5.41, 5.74) is 1.07. The smallest absolute Gasteiger partial charge is 0.161 e. The monoisotopic (exact) mass is 193 g/mol. The number of hydrogen-bond donors (Lipinski definition) is 0. The van der Waals surface area contributed by atoms with Gasteiger partial charge in [-0.25, -0.2) is 10.5 Å². The highest BCUT2D eigenvalue weighted by molar-refractivity contribution is 6.58. The second-order valence-corrected chi connectivity index (χ2v) is 3.51. The minimum atomic E-state index is 0.222. The van der Waals surface area contributed by atoms with E-state index in [-0.39, 0.29) is 6.34 Å². The van der Waals surface area contributed by atoms with E-state index in [4.69, 9.17) is 0 Å². The second kappa shape index (κ2) is 4.57. The minimum absolute atomic E-state index is 0.222. The number of benzene rings is 1. The number of aryl methyl sites for hydroxylation is 1. The van der Waals surface area contributed by atoms with Crippen LogP contribution in [0.2, 0.25) is 0 Å². The molecular formula is C13H12BN. The van der Waals surface area contributed by atoms with Crippen molar-refractivity contribution in [3.8, 4) is 11.7 Å². The molecule has 0 fully saturated rings. The highest BCUT2D eigenvalue weighted by Crippen LogP contribution is 1.94. The first-order valence-electron chi connectivity index (χ1n) is 5.00. The van der Waals surface area contributed by atoms with Crippen LogP contribution in [0, 0.1) is 11.7 Å². The van der Waals surface area contributed by atoms with E-state index in [2.05, 4.69) is 23.8 Å². The van der Waals surface area contributed by atoms with Gasteiger partial charge in [0, 0.05) is 11.9 Å². The third kappa shape index (κ3) is 2.79. The first kappa shape index (κ1) is 9.67. The van der Waals surface area contributed by atoms with Crippen molar-refractivity contribution in [2.24, 2.45) is 7.05 Å². The first-order chi connectivity index (χ1) is 7.34. The van der Waals surface area contributed by atoms with Crippen LogP contribution in [-0.2, 0) is 7.05 Å². The molecular weight excluding hydrogens is 181 g/mol. The molecule has 15 heavy (non-hydrogen) atoms. The summed E-state index contributed by atoms with van der Waals surface area (Å²) in [5, 5.41) is 0. The van der Waals surface area contributed by atoms with Gasteiger partial charge in [-0.1, -0.05) is 18.2 Å². The highest BCUT2D eigenvalue weighted by atomic mass is 14.9. The van der Waals surface area contributed by atoms with Crippen molar-refractivity contribution in [2.75, 3.05) is 0 Å². The van der Waals surface area contributed by atoms with E-state index in [1.54, 1.807) is 0 Å². The van der Waals surface area contributed by atoms with E-state index < -0.39 is 0 Å². The van der Waals surface area contributed by atoms with Gasteiger partial charge in [-0.2, -0.15) is 0 Å². The van der Waals surface area contributed by atoms with Gasteiger partial charge in [0.1, 0.15) is 7.05 Å². The SMILES string of the molecule is C[n+]1ccc[b-](C#Cc2ccccc2)c1. The van der Waals surface area contributed by atoms with E-state index in [0.717, 1.165) is 5.56 Å². The summed E-state index contributed by atoms with van der Waals surface area (Å²) < 4.78 is 2.03. The van der Waals surface area contributed by atoms with Crippen LogP contribution in [0.5, 0.6) is 0 Å². The van der Waals surface area contributed by atoms with Crippen LogP contribution in [0.15, 0.2) is 54.6 Å². The van der Waals surface area contributed by atoms with Gasteiger partial charge in [0.05, 0.1) is 0 Å². The van der Waals surface area contributed by atoms with E-state index in [0.29, 0.717) is 0 Å². The number of nitrogens with zero attached hydrogens (tertiary/aromatic N) is 1. The Morgan fingerprint density at radius 2 is 1.93 bits per heavy atom. The third-order valence-corrected chi connectivity index (χ3v) is 2.19. The summed E-state index contributed by atoms with van der Waals surface area (Å²) in [7, 11) is 2.01. The van der Waals surface area contributed by atoms with E-state index in [1.807, 2.05) is 54.2 Å². The zero-order valence-corrected chi connectivity index (χ0v) is 8.72. The van der Waals surface area contributed by atoms with Crippen molar-refractivity contribution in [2.45, 2.75) is 0 Å². The molecule has 0 spiro atoms. The van der Waals surface area contributed by atoms with Crippen LogP contribution in [0.25, 0.3) is 0 Å². The van der Waals surface area contributed by atoms with Gasteiger partial charge in [0.2, 0.25) is 0 Å². The summed E-state index contributed by atoms with van der Waals surface area (Å²) in [6, 6.07) is 12.1. The van der Waals surface area contributed by atoms with E-state index in [1.165, 1.54) is 0 Å². The normalized spacial score (nSPS) is 9.13. The summed E-state index contributed by atoms with van der Waals surface area (Å²) >= 11 is 0. The molecule has 0 atom stereocenters. The Labute approximate surface area is 90.4 Å². The van der Waals surface area contributed by atoms with Crippen LogP contribution in [-0.4, -0.2) is 6.34 Å². The predicted molar refractivity (Wildman–Crippen MR) is 62.3 cm³/mol. The zero-order valence-electron chi connectivity index (χ0n) is 8.72. The molecule has 1 aromatic carbocycles. The lowest BCUT2D eigenvalue weighted by atomic mass is 9.69. The van der Waals surface area contributed by atoms with Crippen molar-refractivity contribution in [3.05, 3.63) is 60.2 Å². The fourth-order valence-corrected chi connectivity index (χ4v) is 1.43. The van der Waals surface area contributed by atoms with Gasteiger partial charge in [-0.3, -0.25) is 0 Å². The molecule has 72 valence electrons. The van der Waals surface area contributed by atoms with Gasteiger partial charge in [0.25, 0.3) is 0 Å². The molecule has 0 bridgehead atoms. The second-order valence-electron chi connectivity index (χ2n) is 3.51. The average molecular weight is 193 g/mol. The molecule has 0 aliphatic carbocycles. The molecule has 0 amide bonds.